The lowest BCUT2D eigenvalue weighted by molar-refractivity contribution is 0.102. The summed E-state index contributed by atoms with van der Waals surface area (Å²) < 4.78 is 27.9. The minimum Gasteiger partial charge on any atom is -0.317 e. The summed E-state index contributed by atoms with van der Waals surface area (Å²) in [5.74, 6) is -2.28. The van der Waals surface area contributed by atoms with Crippen molar-refractivity contribution in [2.75, 3.05) is 5.32 Å². The van der Waals surface area contributed by atoms with Crippen LogP contribution in [0.25, 0.3) is 0 Å². The summed E-state index contributed by atoms with van der Waals surface area (Å²) >= 11 is 8.99. The van der Waals surface area contributed by atoms with Gasteiger partial charge in [0.2, 0.25) is 0 Å². The fraction of sp³-hybridized carbons (Fsp3) is 0.0714. The van der Waals surface area contributed by atoms with Gasteiger partial charge in [-0.3, -0.25) is 4.79 Å². The first-order chi connectivity index (χ1) is 9.40. The maximum atomic E-state index is 13.8. The quantitative estimate of drug-likeness (QED) is 0.807. The van der Waals surface area contributed by atoms with Gasteiger partial charge in [-0.2, -0.15) is 0 Å². The zero-order chi connectivity index (χ0) is 14.9. The number of halogens is 4. The van der Waals surface area contributed by atoms with Crippen LogP contribution in [-0.4, -0.2) is 5.91 Å². The topological polar surface area (TPSA) is 29.1 Å². The maximum absolute atomic E-state index is 13.8. The van der Waals surface area contributed by atoms with Gasteiger partial charge in [0.15, 0.2) is 5.82 Å². The molecule has 2 nitrogen and oxygen atoms in total. The Morgan fingerprint density at radius 2 is 1.95 bits per heavy atom. The Kier molecular flexibility index (Phi) is 4.40. The molecule has 0 atom stereocenters. The summed E-state index contributed by atoms with van der Waals surface area (Å²) in [6.07, 6.45) is 0. The SMILES string of the molecule is Cc1ccc(F)c(NC(=O)c2cc(Cl)ccc2Br)c1F. The van der Waals surface area contributed by atoms with Crippen molar-refractivity contribution in [2.45, 2.75) is 6.92 Å². The summed E-state index contributed by atoms with van der Waals surface area (Å²) in [5.41, 5.74) is -0.0356. The number of hydrogen-bond acceptors (Lipinski definition) is 1. The molecule has 0 heterocycles. The van der Waals surface area contributed by atoms with E-state index in [-0.39, 0.29) is 11.1 Å². The third-order valence-electron chi connectivity index (χ3n) is 2.70. The first-order valence-corrected chi connectivity index (χ1v) is 6.78. The average molecular weight is 361 g/mol. The van der Waals surface area contributed by atoms with Crippen LogP contribution in [0.2, 0.25) is 5.02 Å². The van der Waals surface area contributed by atoms with Gasteiger partial charge in [0.25, 0.3) is 5.91 Å². The normalized spacial score (nSPS) is 10.4. The standard InChI is InChI=1S/C14H9BrClF2NO/c1-7-2-5-11(17)13(12(7)18)19-14(20)9-6-8(16)3-4-10(9)15/h2-6H,1H3,(H,19,20). The van der Waals surface area contributed by atoms with Crippen LogP contribution in [0.5, 0.6) is 0 Å². The van der Waals surface area contributed by atoms with Crippen molar-refractivity contribution >= 4 is 39.1 Å². The fourth-order valence-electron chi connectivity index (χ4n) is 1.62. The molecule has 1 amide bonds. The molecular weight excluding hydrogens is 352 g/mol. The van der Waals surface area contributed by atoms with Gasteiger partial charge in [-0.15, -0.1) is 0 Å². The number of hydrogen-bond donors (Lipinski definition) is 1. The lowest BCUT2D eigenvalue weighted by atomic mass is 10.1. The third kappa shape index (κ3) is 2.99. The summed E-state index contributed by atoms with van der Waals surface area (Å²) in [4.78, 5) is 12.1. The number of carbonyl (C=O) groups is 1. The third-order valence-corrected chi connectivity index (χ3v) is 3.62. The van der Waals surface area contributed by atoms with E-state index in [9.17, 15) is 13.6 Å². The molecule has 0 spiro atoms. The second kappa shape index (κ2) is 5.89. The van der Waals surface area contributed by atoms with Gasteiger partial charge in [0.05, 0.1) is 5.56 Å². The predicted molar refractivity (Wildman–Crippen MR) is 78.2 cm³/mol. The largest absolute Gasteiger partial charge is 0.317 e. The Hall–Kier alpha value is -1.46. The van der Waals surface area contributed by atoms with E-state index in [0.29, 0.717) is 9.50 Å². The average Bonchev–Trinajstić information content (AvgIpc) is 2.41. The zero-order valence-corrected chi connectivity index (χ0v) is 12.6. The number of amides is 1. The van der Waals surface area contributed by atoms with E-state index in [1.807, 2.05) is 0 Å². The van der Waals surface area contributed by atoms with Crippen LogP contribution in [-0.2, 0) is 0 Å². The van der Waals surface area contributed by atoms with Crippen LogP contribution in [0.15, 0.2) is 34.8 Å². The van der Waals surface area contributed by atoms with E-state index in [0.717, 1.165) is 6.07 Å². The van der Waals surface area contributed by atoms with E-state index in [1.165, 1.54) is 19.1 Å². The van der Waals surface area contributed by atoms with E-state index in [4.69, 9.17) is 11.6 Å². The van der Waals surface area contributed by atoms with E-state index < -0.39 is 23.2 Å². The van der Waals surface area contributed by atoms with E-state index in [1.54, 1.807) is 12.1 Å². The minimum atomic E-state index is -0.834. The maximum Gasteiger partial charge on any atom is 0.257 e. The van der Waals surface area contributed by atoms with Crippen molar-refractivity contribution in [1.82, 2.24) is 0 Å². The van der Waals surface area contributed by atoms with E-state index in [2.05, 4.69) is 21.2 Å². The van der Waals surface area contributed by atoms with Crippen molar-refractivity contribution in [2.24, 2.45) is 0 Å². The molecular formula is C14H9BrClF2NO. The smallest absolute Gasteiger partial charge is 0.257 e. The Labute approximate surface area is 127 Å². The fourth-order valence-corrected chi connectivity index (χ4v) is 2.22. The number of anilines is 1. The van der Waals surface area contributed by atoms with Gasteiger partial charge >= 0.3 is 0 Å². The van der Waals surface area contributed by atoms with Crippen LogP contribution in [0, 0.1) is 18.6 Å². The highest BCUT2D eigenvalue weighted by Crippen LogP contribution is 2.25. The monoisotopic (exact) mass is 359 g/mol. The molecule has 1 N–H and O–H groups in total. The molecule has 2 aromatic rings. The van der Waals surface area contributed by atoms with Crippen LogP contribution >= 0.6 is 27.5 Å². The molecule has 2 aromatic carbocycles. The molecule has 0 aliphatic carbocycles. The van der Waals surface area contributed by atoms with Crippen molar-refractivity contribution in [3.63, 3.8) is 0 Å². The van der Waals surface area contributed by atoms with Crippen molar-refractivity contribution in [1.29, 1.82) is 0 Å². The Morgan fingerprint density at radius 1 is 1.25 bits per heavy atom. The number of nitrogens with one attached hydrogen (secondary N) is 1. The molecule has 6 heteroatoms. The van der Waals surface area contributed by atoms with Crippen molar-refractivity contribution in [3.05, 3.63) is 62.6 Å². The number of carbonyl (C=O) groups excluding carboxylic acids is 1. The highest BCUT2D eigenvalue weighted by molar-refractivity contribution is 9.10. The second-order valence-electron chi connectivity index (χ2n) is 4.13. The summed E-state index contributed by atoms with van der Waals surface area (Å²) in [7, 11) is 0. The molecule has 0 radical (unpaired) electrons. The molecule has 0 saturated carbocycles. The molecule has 2 rings (SSSR count). The first kappa shape index (κ1) is 14.9. The highest BCUT2D eigenvalue weighted by atomic mass is 79.9. The van der Waals surface area contributed by atoms with Crippen LogP contribution in [0.3, 0.4) is 0 Å². The number of rotatable bonds is 2. The molecule has 0 bridgehead atoms. The molecule has 0 unspecified atom stereocenters. The Bertz CT molecular complexity index is 691. The molecule has 0 fully saturated rings. The Balaban J connectivity index is 2.38. The lowest BCUT2D eigenvalue weighted by Crippen LogP contribution is -2.15. The minimum absolute atomic E-state index is 0.192. The van der Waals surface area contributed by atoms with Crippen LogP contribution in [0.1, 0.15) is 15.9 Å². The van der Waals surface area contributed by atoms with Crippen LogP contribution < -0.4 is 5.32 Å². The molecule has 104 valence electrons. The summed E-state index contributed by atoms with van der Waals surface area (Å²) in [6.45, 7) is 1.49. The molecule has 0 saturated heterocycles. The number of benzene rings is 2. The van der Waals surface area contributed by atoms with Crippen molar-refractivity contribution < 1.29 is 13.6 Å². The van der Waals surface area contributed by atoms with Crippen molar-refractivity contribution in [3.8, 4) is 0 Å². The predicted octanol–water partition coefficient (Wildman–Crippen LogP) is 4.94. The van der Waals surface area contributed by atoms with Crippen LogP contribution in [0.4, 0.5) is 14.5 Å². The summed E-state index contributed by atoms with van der Waals surface area (Å²) in [6, 6.07) is 6.99. The zero-order valence-electron chi connectivity index (χ0n) is 10.3. The van der Waals surface area contributed by atoms with Gasteiger partial charge in [0.1, 0.15) is 11.5 Å². The van der Waals surface area contributed by atoms with Gasteiger partial charge in [-0.1, -0.05) is 17.7 Å². The van der Waals surface area contributed by atoms with Gasteiger partial charge in [0, 0.05) is 9.50 Å². The summed E-state index contributed by atoms with van der Waals surface area (Å²) in [5, 5.41) is 2.58. The number of aryl methyl sites for hydroxylation is 1. The van der Waals surface area contributed by atoms with Gasteiger partial charge in [-0.25, -0.2) is 8.78 Å². The second-order valence-corrected chi connectivity index (χ2v) is 5.42. The highest BCUT2D eigenvalue weighted by Gasteiger charge is 2.17. The molecule has 0 aliphatic rings. The molecule has 0 aliphatic heterocycles. The Morgan fingerprint density at radius 3 is 2.65 bits per heavy atom. The van der Waals surface area contributed by atoms with Gasteiger partial charge in [-0.05, 0) is 52.7 Å². The lowest BCUT2D eigenvalue weighted by Gasteiger charge is -2.10. The molecule has 0 aromatic heterocycles. The first-order valence-electron chi connectivity index (χ1n) is 5.61. The van der Waals surface area contributed by atoms with Gasteiger partial charge < -0.3 is 5.32 Å². The molecule has 20 heavy (non-hydrogen) atoms. The van der Waals surface area contributed by atoms with E-state index >= 15 is 0 Å².